The third-order valence-electron chi connectivity index (χ3n) is 7.34. The molecule has 0 radical (unpaired) electrons. The second-order valence-electron chi connectivity index (χ2n) is 10.0. The molecule has 236 valence electrons. The normalized spacial score (nSPS) is 32.5. The van der Waals surface area contributed by atoms with Crippen LogP contribution in [0, 0.1) is 0 Å². The summed E-state index contributed by atoms with van der Waals surface area (Å²) in [7, 11) is 2.95. The van der Waals surface area contributed by atoms with E-state index >= 15 is 0 Å². The summed E-state index contributed by atoms with van der Waals surface area (Å²) in [5, 5.41) is 68.6. The Labute approximate surface area is 251 Å². The summed E-state index contributed by atoms with van der Waals surface area (Å²) < 4.78 is 21.6. The molecule has 2 aliphatic heterocycles. The number of hydrogen-bond acceptors (Lipinski definition) is 13. The van der Waals surface area contributed by atoms with E-state index in [0.717, 1.165) is 11.8 Å². The lowest BCUT2D eigenvalue weighted by atomic mass is 9.96. The van der Waals surface area contributed by atoms with E-state index in [2.05, 4.69) is 10.6 Å². The molecule has 14 nitrogen and oxygen atoms in total. The van der Waals surface area contributed by atoms with Gasteiger partial charge in [0.2, 0.25) is 0 Å². The van der Waals surface area contributed by atoms with Gasteiger partial charge < -0.3 is 60.2 Å². The Kier molecular flexibility index (Phi) is 11.2. The molecule has 43 heavy (non-hydrogen) atoms. The number of carbonyl (C=O) groups is 2. The molecule has 2 aromatic rings. The Morgan fingerprint density at radius 1 is 0.674 bits per heavy atom. The van der Waals surface area contributed by atoms with Gasteiger partial charge >= 0.3 is 0 Å². The van der Waals surface area contributed by atoms with E-state index in [1.165, 1.54) is 38.5 Å². The first-order valence-electron chi connectivity index (χ1n) is 13.4. The number of benzene rings is 2. The van der Waals surface area contributed by atoms with E-state index in [1.807, 2.05) is 0 Å². The minimum absolute atomic E-state index is 0.220. The number of aliphatic hydroxyl groups is 6. The fraction of sp³-hybridized carbons (Fsp3) is 0.500. The number of methoxy groups -OCH3 is 2. The summed E-state index contributed by atoms with van der Waals surface area (Å²) in [6.45, 7) is -1.32. The second kappa shape index (κ2) is 14.7. The number of ether oxygens (including phenoxy) is 4. The van der Waals surface area contributed by atoms with Gasteiger partial charge in [-0.05, 0) is 48.5 Å². The summed E-state index contributed by atoms with van der Waals surface area (Å²) in [6.07, 6.45) is -8.58. The molecule has 0 bridgehead atoms. The minimum atomic E-state index is -1.56. The summed E-state index contributed by atoms with van der Waals surface area (Å²) in [5.41, 5.74) is -2.10. The van der Waals surface area contributed by atoms with Gasteiger partial charge in [-0.1, -0.05) is 11.8 Å². The molecule has 15 heteroatoms. The van der Waals surface area contributed by atoms with Crippen LogP contribution in [0.5, 0.6) is 11.5 Å². The van der Waals surface area contributed by atoms with Gasteiger partial charge in [-0.3, -0.25) is 9.59 Å². The molecule has 0 spiro atoms. The smallest absolute Gasteiger partial charge is 0.251 e. The monoisotopic (exact) mass is 624 g/mol. The number of hydrogen-bond donors (Lipinski definition) is 8. The van der Waals surface area contributed by atoms with Gasteiger partial charge in [0.05, 0.1) is 39.5 Å². The van der Waals surface area contributed by atoms with Crippen molar-refractivity contribution >= 4 is 23.6 Å². The highest BCUT2D eigenvalue weighted by molar-refractivity contribution is 8.00. The van der Waals surface area contributed by atoms with Gasteiger partial charge in [0.1, 0.15) is 59.0 Å². The molecule has 2 aromatic carbocycles. The molecular weight excluding hydrogens is 588 g/mol. The fourth-order valence-electron chi connectivity index (χ4n) is 4.83. The lowest BCUT2D eigenvalue weighted by Crippen LogP contribution is -2.66. The van der Waals surface area contributed by atoms with E-state index < -0.39 is 84.6 Å². The van der Waals surface area contributed by atoms with Crippen LogP contribution < -0.4 is 20.1 Å². The zero-order valence-electron chi connectivity index (χ0n) is 23.3. The van der Waals surface area contributed by atoms with Crippen molar-refractivity contribution in [2.75, 3.05) is 27.4 Å². The molecule has 8 N–H and O–H groups in total. The third-order valence-corrected chi connectivity index (χ3v) is 8.65. The van der Waals surface area contributed by atoms with Crippen LogP contribution in [-0.4, -0.2) is 129 Å². The van der Waals surface area contributed by atoms with Gasteiger partial charge in [0, 0.05) is 11.1 Å². The number of nitrogens with one attached hydrogen (secondary N) is 2. The molecule has 0 unspecified atom stereocenters. The maximum Gasteiger partial charge on any atom is 0.251 e. The van der Waals surface area contributed by atoms with Gasteiger partial charge in [0.15, 0.2) is 0 Å². The molecule has 2 aliphatic rings. The first kappa shape index (κ1) is 32.9. The highest BCUT2D eigenvalue weighted by Crippen LogP contribution is 2.37. The Morgan fingerprint density at radius 3 is 1.33 bits per heavy atom. The van der Waals surface area contributed by atoms with Crippen LogP contribution in [-0.2, 0) is 9.47 Å². The quantitative estimate of drug-likeness (QED) is 0.147. The van der Waals surface area contributed by atoms with Gasteiger partial charge in [-0.15, -0.1) is 0 Å². The average Bonchev–Trinajstić information content (AvgIpc) is 3.03. The van der Waals surface area contributed by atoms with Gasteiger partial charge in [0.25, 0.3) is 11.8 Å². The van der Waals surface area contributed by atoms with Crippen LogP contribution in [0.1, 0.15) is 20.7 Å². The first-order chi connectivity index (χ1) is 20.6. The van der Waals surface area contributed by atoms with E-state index in [4.69, 9.17) is 18.9 Å². The summed E-state index contributed by atoms with van der Waals surface area (Å²) in [6, 6.07) is 9.65. The zero-order chi connectivity index (χ0) is 31.3. The largest absolute Gasteiger partial charge is 0.497 e. The number of carbonyl (C=O) groups excluding carboxylic acids is 2. The topological polar surface area (TPSA) is 216 Å². The predicted molar refractivity (Wildman–Crippen MR) is 152 cm³/mol. The fourth-order valence-corrected chi connectivity index (χ4v) is 6.17. The molecule has 0 aromatic heterocycles. The van der Waals surface area contributed by atoms with Crippen LogP contribution in [0.2, 0.25) is 0 Å². The van der Waals surface area contributed by atoms with Crippen LogP contribution >= 0.6 is 11.8 Å². The van der Waals surface area contributed by atoms with Crippen LogP contribution in [0.15, 0.2) is 48.5 Å². The van der Waals surface area contributed by atoms with E-state index in [1.54, 1.807) is 24.3 Å². The predicted octanol–water partition coefficient (Wildman–Crippen LogP) is -1.79. The highest BCUT2D eigenvalue weighted by Gasteiger charge is 2.50. The van der Waals surface area contributed by atoms with Crippen molar-refractivity contribution in [3.63, 3.8) is 0 Å². The van der Waals surface area contributed by atoms with Crippen molar-refractivity contribution in [2.24, 2.45) is 0 Å². The van der Waals surface area contributed by atoms with Crippen molar-refractivity contribution in [3.05, 3.63) is 59.7 Å². The number of rotatable bonds is 10. The minimum Gasteiger partial charge on any atom is -0.497 e. The average molecular weight is 625 g/mol. The highest BCUT2D eigenvalue weighted by atomic mass is 32.2. The van der Waals surface area contributed by atoms with Crippen molar-refractivity contribution < 1.29 is 59.2 Å². The molecule has 0 aliphatic carbocycles. The van der Waals surface area contributed by atoms with Crippen LogP contribution in [0.25, 0.3) is 0 Å². The Hall–Kier alpha value is -2.99. The van der Waals surface area contributed by atoms with Crippen molar-refractivity contribution in [1.29, 1.82) is 0 Å². The van der Waals surface area contributed by atoms with E-state index in [-0.39, 0.29) is 11.1 Å². The molecule has 4 rings (SSSR count). The zero-order valence-corrected chi connectivity index (χ0v) is 24.2. The molecular formula is C28H36N2O12S. The number of thioether (sulfide) groups is 1. The lowest BCUT2D eigenvalue weighted by Gasteiger charge is -2.46. The Morgan fingerprint density at radius 2 is 1.02 bits per heavy atom. The SMILES string of the molecule is COc1ccc(C(=O)N[C@@H]2[C@@H](O)[C@@H](CO)O[C@@H](S[C@@H]3O[C@H](CO)[C@H](O)[C@@H](NC(=O)c4ccc(OC)cc4)[C@H]3O)[C@@H]2O)cc1. The Bertz CT molecular complexity index is 1130. The first-order valence-corrected chi connectivity index (χ1v) is 14.4. The van der Waals surface area contributed by atoms with Gasteiger partial charge in [-0.2, -0.15) is 0 Å². The lowest BCUT2D eigenvalue weighted by molar-refractivity contribution is -0.175. The standard InChI is InChI=1S/C28H36N2O12S/c1-39-15-7-3-13(4-8-15)25(37)29-19-21(33)17(11-31)41-27(23(19)35)43-28-24(36)20(22(34)18(12-32)42-28)30-26(38)14-5-9-16(40-2)10-6-14/h3-10,17-24,27-28,31-36H,11-12H2,1-2H3,(H,29,37)(H,30,38)/t17-,18-,19-,20-,21+,22+,23-,24-,27+,28+/m1/s1. The maximum atomic E-state index is 12.9. The van der Waals surface area contributed by atoms with Gasteiger partial charge in [-0.25, -0.2) is 0 Å². The molecule has 2 fully saturated rings. The molecule has 10 atom stereocenters. The summed E-state index contributed by atoms with van der Waals surface area (Å²) in [4.78, 5) is 25.8. The van der Waals surface area contributed by atoms with Crippen molar-refractivity contribution in [3.8, 4) is 11.5 Å². The summed E-state index contributed by atoms with van der Waals surface area (Å²) in [5.74, 6) is -0.190. The third kappa shape index (κ3) is 7.39. The van der Waals surface area contributed by atoms with E-state index in [0.29, 0.717) is 11.5 Å². The molecule has 2 amide bonds. The van der Waals surface area contributed by atoms with Crippen molar-refractivity contribution in [1.82, 2.24) is 10.6 Å². The number of amides is 2. The van der Waals surface area contributed by atoms with Crippen LogP contribution in [0.4, 0.5) is 0 Å². The van der Waals surface area contributed by atoms with Crippen LogP contribution in [0.3, 0.4) is 0 Å². The number of aliphatic hydroxyl groups excluding tert-OH is 6. The maximum absolute atomic E-state index is 12.9. The Balaban J connectivity index is 1.49. The second-order valence-corrected chi connectivity index (χ2v) is 11.2. The molecule has 2 saturated heterocycles. The van der Waals surface area contributed by atoms with Crippen molar-refractivity contribution in [2.45, 2.75) is 59.6 Å². The summed E-state index contributed by atoms with van der Waals surface area (Å²) >= 11 is 0.739. The molecule has 2 heterocycles. The molecule has 0 saturated carbocycles. The van der Waals surface area contributed by atoms with E-state index in [9.17, 15) is 40.2 Å².